The lowest BCUT2D eigenvalue weighted by atomic mass is 9.70. The van der Waals surface area contributed by atoms with Gasteiger partial charge in [-0.2, -0.15) is 4.31 Å². The molecule has 1 N–H and O–H groups in total. The van der Waals surface area contributed by atoms with E-state index in [9.17, 15) is 13.2 Å². The molecule has 3 heterocycles. The predicted molar refractivity (Wildman–Crippen MR) is 102 cm³/mol. The summed E-state index contributed by atoms with van der Waals surface area (Å²) in [7, 11) is -3.60. The van der Waals surface area contributed by atoms with Gasteiger partial charge in [0.05, 0.1) is 11.1 Å². The molecule has 0 radical (unpaired) electrons. The van der Waals surface area contributed by atoms with E-state index in [2.05, 4.69) is 17.1 Å². The molecular weight excluding hydrogens is 386 g/mol. The summed E-state index contributed by atoms with van der Waals surface area (Å²) < 4.78 is 33.8. The van der Waals surface area contributed by atoms with Crippen molar-refractivity contribution >= 4 is 27.3 Å². The van der Waals surface area contributed by atoms with E-state index in [-0.39, 0.29) is 11.9 Å². The van der Waals surface area contributed by atoms with Crippen LogP contribution < -0.4 is 5.32 Å². The Morgan fingerprint density at radius 2 is 2.22 bits per heavy atom. The highest BCUT2D eigenvalue weighted by molar-refractivity contribution is 7.91. The lowest BCUT2D eigenvalue weighted by molar-refractivity contribution is -0.117. The zero-order chi connectivity index (χ0) is 19.1. The van der Waals surface area contributed by atoms with Crippen molar-refractivity contribution in [3.05, 3.63) is 37.1 Å². The van der Waals surface area contributed by atoms with Crippen LogP contribution in [0.15, 0.2) is 45.8 Å². The van der Waals surface area contributed by atoms with E-state index >= 15 is 0 Å². The third kappa shape index (κ3) is 3.24. The summed E-state index contributed by atoms with van der Waals surface area (Å²) in [5.74, 6) is 0.353. The van der Waals surface area contributed by atoms with Crippen molar-refractivity contribution in [2.24, 2.45) is 0 Å². The molecule has 9 heteroatoms. The number of amides is 1. The first-order chi connectivity index (χ1) is 12.9. The number of carbonyl (C=O) groups is 1. The summed E-state index contributed by atoms with van der Waals surface area (Å²) in [5.41, 5.74) is -0.396. The lowest BCUT2D eigenvalue weighted by Gasteiger charge is -2.53. The molecule has 4 rings (SSSR count). The zero-order valence-corrected chi connectivity index (χ0v) is 16.4. The van der Waals surface area contributed by atoms with Crippen LogP contribution >= 0.6 is 11.3 Å². The van der Waals surface area contributed by atoms with Gasteiger partial charge in [0.1, 0.15) is 4.21 Å². The third-order valence-electron chi connectivity index (χ3n) is 5.46. The zero-order valence-electron chi connectivity index (χ0n) is 14.8. The minimum absolute atomic E-state index is 0.0182. The highest BCUT2D eigenvalue weighted by atomic mass is 32.2. The van der Waals surface area contributed by atoms with Gasteiger partial charge in [-0.15, -0.1) is 11.3 Å². The molecule has 27 heavy (non-hydrogen) atoms. The van der Waals surface area contributed by atoms with E-state index in [1.807, 2.05) is 0 Å². The normalized spacial score (nSPS) is 22.3. The summed E-state index contributed by atoms with van der Waals surface area (Å²) in [4.78, 5) is 12.4. The lowest BCUT2D eigenvalue weighted by Crippen LogP contribution is -2.62. The first-order valence-electron chi connectivity index (χ1n) is 8.91. The first-order valence-corrected chi connectivity index (χ1v) is 11.2. The van der Waals surface area contributed by atoms with Crippen molar-refractivity contribution in [3.8, 4) is 10.6 Å². The van der Waals surface area contributed by atoms with E-state index in [0.717, 1.165) is 24.1 Å². The van der Waals surface area contributed by atoms with Gasteiger partial charge < -0.3 is 9.84 Å². The van der Waals surface area contributed by atoms with Gasteiger partial charge in [-0.25, -0.2) is 8.42 Å². The Labute approximate surface area is 162 Å². The van der Waals surface area contributed by atoms with Crippen molar-refractivity contribution in [1.82, 2.24) is 14.8 Å². The molecule has 1 atom stereocenters. The Bertz CT molecular complexity index is 945. The second-order valence-electron chi connectivity index (χ2n) is 7.05. The number of rotatable bonds is 5. The van der Waals surface area contributed by atoms with Crippen LogP contribution in [-0.4, -0.2) is 41.9 Å². The molecule has 2 aliphatic rings. The van der Waals surface area contributed by atoms with Gasteiger partial charge in [-0.3, -0.25) is 4.79 Å². The van der Waals surface area contributed by atoms with Crippen LogP contribution in [-0.2, 0) is 14.8 Å². The van der Waals surface area contributed by atoms with Gasteiger partial charge in [0.15, 0.2) is 5.76 Å². The third-order valence-corrected chi connectivity index (χ3v) is 9.03. The van der Waals surface area contributed by atoms with Crippen LogP contribution in [0.3, 0.4) is 0 Å². The predicted octanol–water partition coefficient (Wildman–Crippen LogP) is 2.78. The Morgan fingerprint density at radius 1 is 1.41 bits per heavy atom. The second kappa shape index (κ2) is 6.88. The van der Waals surface area contributed by atoms with Gasteiger partial charge in [-0.1, -0.05) is 11.7 Å². The quantitative estimate of drug-likeness (QED) is 0.770. The Balaban J connectivity index is 1.58. The van der Waals surface area contributed by atoms with Crippen LogP contribution in [0.25, 0.3) is 10.6 Å². The number of carbonyl (C=O) groups excluding carboxylic acids is 1. The van der Waals surface area contributed by atoms with E-state index in [1.165, 1.54) is 23.6 Å². The van der Waals surface area contributed by atoms with Crippen molar-refractivity contribution < 1.29 is 17.7 Å². The smallest absolute Gasteiger partial charge is 0.253 e. The molecule has 2 fully saturated rings. The summed E-state index contributed by atoms with van der Waals surface area (Å²) >= 11 is 1.20. The Hall–Kier alpha value is -1.97. The maximum atomic E-state index is 13.4. The minimum Gasteiger partial charge on any atom is -0.355 e. The maximum Gasteiger partial charge on any atom is 0.253 e. The van der Waals surface area contributed by atoms with Gasteiger partial charge in [0.25, 0.3) is 10.0 Å². The van der Waals surface area contributed by atoms with Gasteiger partial charge in [0.2, 0.25) is 5.91 Å². The van der Waals surface area contributed by atoms with E-state index in [4.69, 9.17) is 4.52 Å². The average Bonchev–Trinajstić information content (AvgIpc) is 3.31. The molecule has 2 aromatic rings. The molecule has 2 aromatic heterocycles. The standard InChI is InChI=1S/C18H21N3O4S2/c1-2-16(22)20-13-7-11-21(18(12-13)8-3-9-18)27(23,24)17-5-4-15(26-17)14-6-10-19-25-14/h2,4-6,10,13H,1,3,7-9,11-12H2,(H,20,22). The highest BCUT2D eigenvalue weighted by Gasteiger charge is 2.52. The van der Waals surface area contributed by atoms with Gasteiger partial charge in [0, 0.05) is 24.2 Å². The number of nitrogens with zero attached hydrogens (tertiary/aromatic N) is 2. The molecule has 1 spiro atoms. The molecule has 1 aliphatic carbocycles. The average molecular weight is 408 g/mol. The second-order valence-corrected chi connectivity index (χ2v) is 10.2. The topological polar surface area (TPSA) is 92.5 Å². The maximum absolute atomic E-state index is 13.4. The molecule has 0 bridgehead atoms. The first kappa shape index (κ1) is 18.4. The number of thiophene rings is 1. The molecule has 0 aromatic carbocycles. The molecule has 7 nitrogen and oxygen atoms in total. The molecule has 1 saturated carbocycles. The molecule has 144 valence electrons. The highest BCUT2D eigenvalue weighted by Crippen LogP contribution is 2.47. The number of nitrogens with one attached hydrogen (secondary N) is 1. The largest absolute Gasteiger partial charge is 0.355 e. The number of sulfonamides is 1. The fourth-order valence-electron chi connectivity index (χ4n) is 4.01. The minimum atomic E-state index is -3.60. The van der Waals surface area contributed by atoms with Gasteiger partial charge >= 0.3 is 0 Å². The summed E-state index contributed by atoms with van der Waals surface area (Å²) in [5, 5.41) is 6.61. The molecular formula is C18H21N3O4S2. The fraction of sp³-hybridized carbons (Fsp3) is 0.444. The Kier molecular flexibility index (Phi) is 4.69. The van der Waals surface area contributed by atoms with Crippen molar-refractivity contribution in [2.75, 3.05) is 6.54 Å². The fourth-order valence-corrected chi connectivity index (χ4v) is 7.24. The van der Waals surface area contributed by atoms with Crippen LogP contribution in [0.2, 0.25) is 0 Å². The van der Waals surface area contributed by atoms with Gasteiger partial charge in [-0.05, 0) is 50.3 Å². The number of hydrogen-bond donors (Lipinski definition) is 1. The molecule has 1 amide bonds. The Morgan fingerprint density at radius 3 is 2.85 bits per heavy atom. The van der Waals surface area contributed by atoms with Crippen molar-refractivity contribution in [1.29, 1.82) is 0 Å². The van der Waals surface area contributed by atoms with Crippen LogP contribution in [0.4, 0.5) is 0 Å². The number of hydrogen-bond acceptors (Lipinski definition) is 6. The van der Waals surface area contributed by atoms with E-state index in [1.54, 1.807) is 22.5 Å². The summed E-state index contributed by atoms with van der Waals surface area (Å²) in [6.07, 6.45) is 6.69. The molecule has 1 aliphatic heterocycles. The summed E-state index contributed by atoms with van der Waals surface area (Å²) in [6, 6.07) is 5.08. The summed E-state index contributed by atoms with van der Waals surface area (Å²) in [6.45, 7) is 3.89. The number of aromatic nitrogens is 1. The van der Waals surface area contributed by atoms with E-state index in [0.29, 0.717) is 29.4 Å². The van der Waals surface area contributed by atoms with Crippen molar-refractivity contribution in [2.45, 2.75) is 47.9 Å². The van der Waals surface area contributed by atoms with E-state index < -0.39 is 15.6 Å². The van der Waals surface area contributed by atoms with Crippen LogP contribution in [0.5, 0.6) is 0 Å². The monoisotopic (exact) mass is 407 g/mol. The van der Waals surface area contributed by atoms with Crippen LogP contribution in [0.1, 0.15) is 32.1 Å². The van der Waals surface area contributed by atoms with Crippen molar-refractivity contribution in [3.63, 3.8) is 0 Å². The van der Waals surface area contributed by atoms with Crippen LogP contribution in [0, 0.1) is 0 Å². The molecule has 1 saturated heterocycles. The SMILES string of the molecule is C=CC(=O)NC1CCN(S(=O)(=O)c2ccc(-c3ccno3)s2)C2(CCC2)C1. The number of piperidine rings is 1. The molecule has 1 unspecified atom stereocenters.